The van der Waals surface area contributed by atoms with Gasteiger partial charge in [-0.15, -0.1) is 0 Å². The van der Waals surface area contributed by atoms with Crippen LogP contribution in [0.5, 0.6) is 0 Å². The summed E-state index contributed by atoms with van der Waals surface area (Å²) in [5, 5.41) is 49.7. The van der Waals surface area contributed by atoms with Gasteiger partial charge in [0.15, 0.2) is 0 Å². The van der Waals surface area contributed by atoms with Crippen molar-refractivity contribution in [2.45, 2.75) is 121 Å². The number of hydrogen-bond donors (Lipinski definition) is 11. The highest BCUT2D eigenvalue weighted by molar-refractivity contribution is 7.80. The standard InChI is InChI=1S/C35H56N8O14S/c1-16(2)11-20(33(54)42-9-5-7-23(42)30(51)39-21(35(56)57)13-26(47)48)38-32(53)27(17(3)4)41-31(52)24-8-6-10-43(24)34(55)22(14-44)40-29(50)19(12-25(45)46)37-28(49)18(36)15-58/h16-24,27,44,58H,5-15,36H2,1-4H3,(H,37,49)(H,38,53)(H,39,51)(H,40,50)(H,41,52)(H,45,46)(H,47,48)(H,56,57)/t18-,19-,20-,21-,22-,23-,24-,27-/m0/s1. The van der Waals surface area contributed by atoms with E-state index in [1.165, 1.54) is 4.90 Å². The number of hydrogen-bond acceptors (Lipinski definition) is 13. The summed E-state index contributed by atoms with van der Waals surface area (Å²) in [6.45, 7) is 6.01. The number of thiol groups is 1. The molecule has 2 aliphatic heterocycles. The van der Waals surface area contributed by atoms with Crippen molar-refractivity contribution in [2.75, 3.05) is 25.4 Å². The minimum Gasteiger partial charge on any atom is -0.481 e. The Balaban J connectivity index is 2.22. The Morgan fingerprint density at radius 1 is 0.655 bits per heavy atom. The Bertz CT molecular complexity index is 1560. The molecule has 0 aromatic heterocycles. The van der Waals surface area contributed by atoms with E-state index in [1.807, 2.05) is 0 Å². The number of carbonyl (C=O) groups excluding carboxylic acids is 7. The molecular weight excluding hydrogens is 788 g/mol. The van der Waals surface area contributed by atoms with Crippen LogP contribution in [0, 0.1) is 11.8 Å². The van der Waals surface area contributed by atoms with Crippen molar-refractivity contribution in [3.05, 3.63) is 0 Å². The largest absolute Gasteiger partial charge is 0.481 e. The van der Waals surface area contributed by atoms with E-state index in [4.69, 9.17) is 10.8 Å². The van der Waals surface area contributed by atoms with Crippen LogP contribution in [-0.2, 0) is 47.9 Å². The Kier molecular flexibility index (Phi) is 19.3. The molecule has 11 N–H and O–H groups in total. The summed E-state index contributed by atoms with van der Waals surface area (Å²) in [6, 6.07) is -11.0. The van der Waals surface area contributed by atoms with Gasteiger partial charge in [0.25, 0.3) is 0 Å². The second-order valence-corrected chi connectivity index (χ2v) is 15.4. The van der Waals surface area contributed by atoms with Crippen LogP contribution in [0.15, 0.2) is 0 Å². The summed E-state index contributed by atoms with van der Waals surface area (Å²) in [5.74, 6) is -11.2. The zero-order chi connectivity index (χ0) is 44.0. The number of nitrogens with zero attached hydrogens (tertiary/aromatic N) is 2. The summed E-state index contributed by atoms with van der Waals surface area (Å²) in [6.07, 6.45) is -0.657. The molecule has 0 bridgehead atoms. The first kappa shape index (κ1) is 49.1. The Morgan fingerprint density at radius 3 is 1.57 bits per heavy atom. The highest BCUT2D eigenvalue weighted by atomic mass is 32.1. The third-order valence-corrected chi connectivity index (χ3v) is 9.97. The maximum Gasteiger partial charge on any atom is 0.326 e. The van der Waals surface area contributed by atoms with Gasteiger partial charge in [-0.2, -0.15) is 12.6 Å². The number of carbonyl (C=O) groups is 10. The molecule has 2 aliphatic rings. The van der Waals surface area contributed by atoms with Crippen molar-refractivity contribution >= 4 is 71.9 Å². The van der Waals surface area contributed by atoms with Crippen LogP contribution in [0.4, 0.5) is 0 Å². The summed E-state index contributed by atoms with van der Waals surface area (Å²) in [4.78, 5) is 130. The van der Waals surface area contributed by atoms with Gasteiger partial charge in [0.2, 0.25) is 41.4 Å². The monoisotopic (exact) mass is 844 g/mol. The van der Waals surface area contributed by atoms with E-state index in [2.05, 4.69) is 39.2 Å². The predicted molar refractivity (Wildman–Crippen MR) is 204 cm³/mol. The SMILES string of the molecule is CC(C)C[C@H](NC(=O)[C@@H](NC(=O)[C@@H]1CCCN1C(=O)[C@H](CO)NC(=O)[C@H](CC(=O)O)NC(=O)[C@@H](N)CS)C(C)C)C(=O)N1CCC[C@H]1C(=O)N[C@@H](CC(=O)O)C(=O)O. The average Bonchev–Trinajstić information content (AvgIpc) is 3.84. The molecule has 7 amide bonds. The van der Waals surface area contributed by atoms with E-state index < -0.39 is 133 Å². The molecule has 0 saturated carbocycles. The quantitative estimate of drug-likeness (QED) is 0.0469. The lowest BCUT2D eigenvalue weighted by atomic mass is 9.99. The number of aliphatic carboxylic acids is 3. The van der Waals surface area contributed by atoms with Gasteiger partial charge in [-0.05, 0) is 43.9 Å². The second kappa shape index (κ2) is 22.8. The smallest absolute Gasteiger partial charge is 0.326 e. The van der Waals surface area contributed by atoms with E-state index in [1.54, 1.807) is 27.7 Å². The molecule has 0 spiro atoms. The first-order valence-electron chi connectivity index (χ1n) is 18.9. The molecule has 22 nitrogen and oxygen atoms in total. The van der Waals surface area contributed by atoms with Crippen LogP contribution in [0.1, 0.15) is 72.6 Å². The van der Waals surface area contributed by atoms with E-state index in [0.717, 1.165) is 4.90 Å². The Morgan fingerprint density at radius 2 is 1.12 bits per heavy atom. The van der Waals surface area contributed by atoms with Crippen molar-refractivity contribution < 1.29 is 68.4 Å². The highest BCUT2D eigenvalue weighted by Gasteiger charge is 2.42. The van der Waals surface area contributed by atoms with Gasteiger partial charge in [0.05, 0.1) is 25.5 Å². The van der Waals surface area contributed by atoms with Gasteiger partial charge < -0.3 is 62.5 Å². The maximum absolute atomic E-state index is 13.9. The first-order chi connectivity index (χ1) is 27.1. The fourth-order valence-electron chi connectivity index (χ4n) is 6.59. The topological polar surface area (TPSA) is 344 Å². The molecule has 23 heteroatoms. The lowest BCUT2D eigenvalue weighted by molar-refractivity contribution is -0.148. The zero-order valence-electron chi connectivity index (χ0n) is 32.8. The fourth-order valence-corrected chi connectivity index (χ4v) is 6.76. The number of aliphatic hydroxyl groups excluding tert-OH is 1. The van der Waals surface area contributed by atoms with Crippen molar-refractivity contribution in [1.82, 2.24) is 36.4 Å². The number of rotatable bonds is 22. The summed E-state index contributed by atoms with van der Waals surface area (Å²) < 4.78 is 0. The molecule has 2 rings (SSSR count). The second-order valence-electron chi connectivity index (χ2n) is 15.0. The fraction of sp³-hybridized carbons (Fsp3) is 0.714. The third kappa shape index (κ3) is 14.1. The molecule has 0 radical (unpaired) electrons. The van der Waals surface area contributed by atoms with E-state index in [9.17, 15) is 63.3 Å². The molecular formula is C35H56N8O14S. The minimum absolute atomic E-state index is 0.0208. The third-order valence-electron chi connectivity index (χ3n) is 9.58. The Labute approximate surface area is 340 Å². The number of aliphatic hydroxyl groups is 1. The lowest BCUT2D eigenvalue weighted by Gasteiger charge is -2.32. The normalized spacial score (nSPS) is 19.6. The molecule has 58 heavy (non-hydrogen) atoms. The van der Waals surface area contributed by atoms with Crippen molar-refractivity contribution in [2.24, 2.45) is 17.6 Å². The minimum atomic E-state index is -1.73. The highest BCUT2D eigenvalue weighted by Crippen LogP contribution is 2.22. The van der Waals surface area contributed by atoms with Crippen molar-refractivity contribution in [3.8, 4) is 0 Å². The van der Waals surface area contributed by atoms with Crippen LogP contribution in [0.2, 0.25) is 0 Å². The van der Waals surface area contributed by atoms with Crippen molar-refractivity contribution in [1.29, 1.82) is 0 Å². The number of nitrogens with one attached hydrogen (secondary N) is 5. The van der Waals surface area contributed by atoms with Crippen LogP contribution in [-0.4, -0.2) is 163 Å². The van der Waals surface area contributed by atoms with Gasteiger partial charge in [-0.25, -0.2) is 4.79 Å². The average molecular weight is 845 g/mol. The van der Waals surface area contributed by atoms with Gasteiger partial charge in [0, 0.05) is 18.8 Å². The maximum atomic E-state index is 13.9. The van der Waals surface area contributed by atoms with Crippen LogP contribution >= 0.6 is 12.6 Å². The molecule has 2 saturated heterocycles. The molecule has 0 aromatic carbocycles. The van der Waals surface area contributed by atoms with Gasteiger partial charge in [0.1, 0.15) is 42.3 Å². The summed E-state index contributed by atoms with van der Waals surface area (Å²) in [5.41, 5.74) is 5.61. The Hall–Kier alpha value is -5.03. The lowest BCUT2D eigenvalue weighted by Crippen LogP contribution is -2.61. The molecule has 2 heterocycles. The van der Waals surface area contributed by atoms with Crippen molar-refractivity contribution in [3.63, 3.8) is 0 Å². The number of amides is 7. The summed E-state index contributed by atoms with van der Waals surface area (Å²) >= 11 is 3.90. The van der Waals surface area contributed by atoms with Crippen LogP contribution in [0.3, 0.4) is 0 Å². The molecule has 2 fully saturated rings. The van der Waals surface area contributed by atoms with E-state index in [-0.39, 0.29) is 44.0 Å². The van der Waals surface area contributed by atoms with Crippen LogP contribution in [0.25, 0.3) is 0 Å². The molecule has 0 aliphatic carbocycles. The number of likely N-dealkylation sites (tertiary alicyclic amines) is 2. The predicted octanol–water partition coefficient (Wildman–Crippen LogP) is -3.62. The first-order valence-corrected chi connectivity index (χ1v) is 19.5. The number of nitrogens with two attached hydrogens (primary N) is 1. The molecule has 0 unspecified atom stereocenters. The number of carboxylic acids is 3. The molecule has 326 valence electrons. The molecule has 8 atom stereocenters. The zero-order valence-corrected chi connectivity index (χ0v) is 33.7. The van der Waals surface area contributed by atoms with E-state index in [0.29, 0.717) is 12.8 Å². The van der Waals surface area contributed by atoms with Gasteiger partial charge in [-0.1, -0.05) is 27.7 Å². The summed E-state index contributed by atoms with van der Waals surface area (Å²) in [7, 11) is 0. The van der Waals surface area contributed by atoms with E-state index >= 15 is 0 Å². The van der Waals surface area contributed by atoms with Gasteiger partial charge >= 0.3 is 17.9 Å². The number of carboxylic acid groups (broad SMARTS) is 3. The van der Waals surface area contributed by atoms with Crippen LogP contribution < -0.4 is 32.3 Å². The molecule has 0 aromatic rings. The van der Waals surface area contributed by atoms with Gasteiger partial charge in [-0.3, -0.25) is 43.2 Å².